The van der Waals surface area contributed by atoms with Crippen LogP contribution in [0.5, 0.6) is 0 Å². The number of pyridine rings is 1. The number of nitrogens with one attached hydrogen (secondary N) is 2. The van der Waals surface area contributed by atoms with Crippen molar-refractivity contribution in [2.45, 2.75) is 6.92 Å². The molecule has 0 aliphatic carbocycles. The molecule has 3 aromatic rings. The Kier molecular flexibility index (Phi) is 5.47. The third-order valence-corrected chi connectivity index (χ3v) is 3.93. The summed E-state index contributed by atoms with van der Waals surface area (Å²) in [5, 5.41) is 5.89. The summed E-state index contributed by atoms with van der Waals surface area (Å²) in [5.74, 6) is -0.243. The van der Waals surface area contributed by atoms with E-state index in [2.05, 4.69) is 15.6 Å². The lowest BCUT2D eigenvalue weighted by Crippen LogP contribution is -2.15. The highest BCUT2D eigenvalue weighted by Crippen LogP contribution is 2.18. The fraction of sp³-hybridized carbons (Fsp3) is 0.0952. The first kappa shape index (κ1) is 18.1. The highest BCUT2D eigenvalue weighted by atomic mass is 16.5. The zero-order chi connectivity index (χ0) is 19.2. The molecule has 0 atom stereocenters. The van der Waals surface area contributed by atoms with Crippen LogP contribution in [0.2, 0.25) is 0 Å². The lowest BCUT2D eigenvalue weighted by Gasteiger charge is -2.10. The van der Waals surface area contributed by atoms with Gasteiger partial charge in [-0.25, -0.2) is 9.78 Å². The molecule has 1 amide bonds. The minimum atomic E-state index is -0.512. The van der Waals surface area contributed by atoms with Crippen LogP contribution in [0.15, 0.2) is 66.9 Å². The number of carbonyl (C=O) groups is 2. The van der Waals surface area contributed by atoms with Gasteiger partial charge in [-0.2, -0.15) is 0 Å². The maximum Gasteiger partial charge on any atom is 0.339 e. The predicted molar refractivity (Wildman–Crippen MR) is 104 cm³/mol. The van der Waals surface area contributed by atoms with E-state index in [1.165, 1.54) is 18.9 Å². The number of amides is 1. The molecular weight excluding hydrogens is 342 g/mol. The minimum absolute atomic E-state index is 0.291. The van der Waals surface area contributed by atoms with E-state index in [0.717, 1.165) is 5.69 Å². The average molecular weight is 361 g/mol. The Morgan fingerprint density at radius 3 is 2.37 bits per heavy atom. The molecular formula is C21H19N3O3. The van der Waals surface area contributed by atoms with E-state index in [0.29, 0.717) is 22.6 Å². The second kappa shape index (κ2) is 8.14. The highest BCUT2D eigenvalue weighted by Gasteiger charge is 2.14. The average Bonchev–Trinajstić information content (AvgIpc) is 2.70. The molecule has 1 aromatic heterocycles. The highest BCUT2D eigenvalue weighted by molar-refractivity contribution is 6.07. The van der Waals surface area contributed by atoms with Crippen molar-refractivity contribution in [2.75, 3.05) is 17.7 Å². The molecule has 0 unspecified atom stereocenters. The summed E-state index contributed by atoms with van der Waals surface area (Å²) in [6, 6.07) is 18.0. The fourth-order valence-corrected chi connectivity index (χ4v) is 2.46. The van der Waals surface area contributed by atoms with E-state index in [4.69, 9.17) is 4.74 Å². The summed E-state index contributed by atoms with van der Waals surface area (Å²) in [4.78, 5) is 28.5. The van der Waals surface area contributed by atoms with Gasteiger partial charge in [-0.3, -0.25) is 4.79 Å². The summed E-state index contributed by atoms with van der Waals surface area (Å²) < 4.78 is 4.73. The van der Waals surface area contributed by atoms with Gasteiger partial charge in [0.1, 0.15) is 5.82 Å². The van der Waals surface area contributed by atoms with Gasteiger partial charge in [0.15, 0.2) is 0 Å². The molecule has 0 saturated heterocycles. The quantitative estimate of drug-likeness (QED) is 0.667. The van der Waals surface area contributed by atoms with Gasteiger partial charge in [-0.1, -0.05) is 29.8 Å². The number of hydrogen-bond acceptors (Lipinski definition) is 5. The summed E-state index contributed by atoms with van der Waals surface area (Å²) in [5.41, 5.74) is 3.14. The van der Waals surface area contributed by atoms with Crippen LogP contribution in [0.1, 0.15) is 26.3 Å². The van der Waals surface area contributed by atoms with E-state index in [9.17, 15) is 9.59 Å². The third kappa shape index (κ3) is 4.49. The summed E-state index contributed by atoms with van der Waals surface area (Å²) in [6.45, 7) is 2.02. The number of aryl methyl sites for hydroxylation is 1. The molecule has 0 aliphatic heterocycles. The smallest absolute Gasteiger partial charge is 0.339 e. The first-order valence-corrected chi connectivity index (χ1v) is 8.35. The summed E-state index contributed by atoms with van der Waals surface area (Å²) in [6.07, 6.45) is 1.48. The molecule has 0 fully saturated rings. The van der Waals surface area contributed by atoms with Crippen molar-refractivity contribution in [3.8, 4) is 0 Å². The van der Waals surface area contributed by atoms with Crippen LogP contribution in [-0.2, 0) is 4.74 Å². The van der Waals surface area contributed by atoms with Gasteiger partial charge in [0.05, 0.1) is 23.9 Å². The van der Waals surface area contributed by atoms with Gasteiger partial charge >= 0.3 is 5.97 Å². The van der Waals surface area contributed by atoms with Crippen LogP contribution < -0.4 is 10.6 Å². The lowest BCUT2D eigenvalue weighted by molar-refractivity contribution is 0.0602. The van der Waals surface area contributed by atoms with Gasteiger partial charge in [0, 0.05) is 11.9 Å². The first-order valence-electron chi connectivity index (χ1n) is 8.35. The lowest BCUT2D eigenvalue weighted by atomic mass is 10.1. The normalized spacial score (nSPS) is 10.1. The number of aromatic nitrogens is 1. The molecule has 0 saturated carbocycles. The molecule has 3 rings (SSSR count). The molecule has 27 heavy (non-hydrogen) atoms. The van der Waals surface area contributed by atoms with E-state index >= 15 is 0 Å². The fourth-order valence-electron chi connectivity index (χ4n) is 2.46. The molecule has 0 radical (unpaired) electrons. The molecule has 136 valence electrons. The summed E-state index contributed by atoms with van der Waals surface area (Å²) >= 11 is 0. The van der Waals surface area contributed by atoms with Gasteiger partial charge in [0.2, 0.25) is 0 Å². The van der Waals surface area contributed by atoms with E-state index < -0.39 is 5.97 Å². The Bertz CT molecular complexity index is 951. The number of esters is 1. The zero-order valence-corrected chi connectivity index (χ0v) is 15.0. The van der Waals surface area contributed by atoms with Crippen LogP contribution in [0, 0.1) is 6.92 Å². The van der Waals surface area contributed by atoms with Gasteiger partial charge < -0.3 is 15.4 Å². The van der Waals surface area contributed by atoms with E-state index in [-0.39, 0.29) is 5.91 Å². The number of ether oxygens (including phenoxy) is 1. The number of carbonyl (C=O) groups excluding carboxylic acids is 2. The Morgan fingerprint density at radius 2 is 1.70 bits per heavy atom. The number of para-hydroxylation sites is 1. The number of hydrogen-bond donors (Lipinski definition) is 2. The molecule has 1 heterocycles. The SMILES string of the molecule is COC(=O)c1ccccc1NC(=O)c1ccc(Nc2ccc(C)cc2)nc1. The molecule has 6 nitrogen and oxygen atoms in total. The first-order chi connectivity index (χ1) is 13.1. The molecule has 6 heteroatoms. The second-order valence-electron chi connectivity index (χ2n) is 5.91. The maximum atomic E-state index is 12.5. The Morgan fingerprint density at radius 1 is 0.963 bits per heavy atom. The number of methoxy groups -OCH3 is 1. The monoisotopic (exact) mass is 361 g/mol. The Labute approximate surface area is 157 Å². The van der Waals surface area contributed by atoms with Crippen molar-refractivity contribution in [1.29, 1.82) is 0 Å². The van der Waals surface area contributed by atoms with E-state index in [1.54, 1.807) is 36.4 Å². The molecule has 0 spiro atoms. The Balaban J connectivity index is 1.71. The van der Waals surface area contributed by atoms with Crippen molar-refractivity contribution in [1.82, 2.24) is 4.98 Å². The van der Waals surface area contributed by atoms with Crippen LogP contribution in [0.4, 0.5) is 17.2 Å². The molecule has 2 aromatic carbocycles. The number of benzene rings is 2. The van der Waals surface area contributed by atoms with Crippen molar-refractivity contribution in [3.63, 3.8) is 0 Å². The standard InChI is InChI=1S/C21H19N3O3/c1-14-7-10-16(11-8-14)23-19-12-9-15(13-22-19)20(25)24-18-6-4-3-5-17(18)21(26)27-2/h3-13H,1-2H3,(H,22,23)(H,24,25). The Hall–Kier alpha value is -3.67. The van der Waals surface area contributed by atoms with Gasteiger partial charge in [0.25, 0.3) is 5.91 Å². The number of nitrogens with zero attached hydrogens (tertiary/aromatic N) is 1. The maximum absolute atomic E-state index is 12.5. The largest absolute Gasteiger partial charge is 0.465 e. The van der Waals surface area contributed by atoms with Crippen LogP contribution >= 0.6 is 0 Å². The van der Waals surface area contributed by atoms with Crippen molar-refractivity contribution in [3.05, 3.63) is 83.6 Å². The van der Waals surface area contributed by atoms with Crippen molar-refractivity contribution >= 4 is 29.1 Å². The van der Waals surface area contributed by atoms with Crippen molar-refractivity contribution < 1.29 is 14.3 Å². The second-order valence-corrected chi connectivity index (χ2v) is 5.91. The molecule has 0 bridgehead atoms. The molecule has 0 aliphatic rings. The van der Waals surface area contributed by atoms with Gasteiger partial charge in [-0.15, -0.1) is 0 Å². The number of anilines is 3. The molecule has 2 N–H and O–H groups in total. The number of rotatable bonds is 5. The van der Waals surface area contributed by atoms with Crippen LogP contribution in [0.3, 0.4) is 0 Å². The zero-order valence-electron chi connectivity index (χ0n) is 15.0. The predicted octanol–water partition coefficient (Wildman–Crippen LogP) is 4.17. The summed E-state index contributed by atoms with van der Waals surface area (Å²) in [7, 11) is 1.30. The van der Waals surface area contributed by atoms with Gasteiger partial charge in [-0.05, 0) is 43.3 Å². The topological polar surface area (TPSA) is 80.3 Å². The van der Waals surface area contributed by atoms with Crippen molar-refractivity contribution in [2.24, 2.45) is 0 Å². The van der Waals surface area contributed by atoms with Crippen LogP contribution in [-0.4, -0.2) is 24.0 Å². The third-order valence-electron chi connectivity index (χ3n) is 3.93. The van der Waals surface area contributed by atoms with Crippen LogP contribution in [0.25, 0.3) is 0 Å². The van der Waals surface area contributed by atoms with E-state index in [1.807, 2.05) is 31.2 Å². The minimum Gasteiger partial charge on any atom is -0.465 e.